The molecule has 0 bridgehead atoms. The molecule has 0 spiro atoms. The smallest absolute Gasteiger partial charge is 0.246 e. The summed E-state index contributed by atoms with van der Waals surface area (Å²) in [7, 11) is 2.42. The number of hydrogen-bond acceptors (Lipinski definition) is 5. The van der Waals surface area contributed by atoms with E-state index in [1.807, 2.05) is 42.4 Å². The fourth-order valence-corrected chi connectivity index (χ4v) is 4.61. The van der Waals surface area contributed by atoms with Crippen LogP contribution in [0.3, 0.4) is 0 Å². The number of carbonyl (C=O) groups is 1. The summed E-state index contributed by atoms with van der Waals surface area (Å²) in [6.45, 7) is 2.96. The number of aryl methyl sites for hydroxylation is 1. The van der Waals surface area contributed by atoms with Crippen molar-refractivity contribution in [1.29, 1.82) is 0 Å². The lowest BCUT2D eigenvalue weighted by Crippen LogP contribution is -2.49. The Labute approximate surface area is 150 Å². The second-order valence-corrected chi connectivity index (χ2v) is 8.71. The highest BCUT2D eigenvalue weighted by Gasteiger charge is 2.32. The summed E-state index contributed by atoms with van der Waals surface area (Å²) in [5.74, 6) is 0.179. The molecule has 8 nitrogen and oxygen atoms in total. The summed E-state index contributed by atoms with van der Waals surface area (Å²) < 4.78 is 28.4. The van der Waals surface area contributed by atoms with Gasteiger partial charge in [-0.2, -0.15) is 0 Å². The number of likely N-dealkylation sites (N-methyl/N-ethyl adjacent to an activating group) is 1. The molecule has 1 amide bonds. The van der Waals surface area contributed by atoms with Crippen molar-refractivity contribution >= 4 is 15.9 Å². The Kier molecular flexibility index (Phi) is 6.59. The lowest BCUT2D eigenvalue weighted by molar-refractivity contribution is -0.137. The lowest BCUT2D eigenvalue weighted by atomic mass is 10.0. The average molecular weight is 372 g/mol. The van der Waals surface area contributed by atoms with Crippen LogP contribution in [0.25, 0.3) is 0 Å². The SMILES string of the molecule is CCCS(=O)(=O)NC1CCN(C(=O)C(c2cncn2C)N(C)C)CC1. The topological polar surface area (TPSA) is 87.5 Å². The summed E-state index contributed by atoms with van der Waals surface area (Å²) in [4.78, 5) is 20.8. The molecule has 9 heteroatoms. The molecule has 1 unspecified atom stereocenters. The molecule has 1 aliphatic heterocycles. The number of hydrogen-bond donors (Lipinski definition) is 1. The van der Waals surface area contributed by atoms with E-state index in [2.05, 4.69) is 9.71 Å². The van der Waals surface area contributed by atoms with Crippen molar-refractivity contribution in [2.45, 2.75) is 38.3 Å². The predicted molar refractivity (Wildman–Crippen MR) is 96.5 cm³/mol. The van der Waals surface area contributed by atoms with Gasteiger partial charge in [0, 0.05) is 26.2 Å². The number of aromatic nitrogens is 2. The minimum Gasteiger partial charge on any atom is -0.341 e. The molecular formula is C16H29N5O3S. The summed E-state index contributed by atoms with van der Waals surface area (Å²) >= 11 is 0. The Morgan fingerprint density at radius 2 is 2.04 bits per heavy atom. The van der Waals surface area contributed by atoms with Gasteiger partial charge in [0.2, 0.25) is 15.9 Å². The molecule has 1 N–H and O–H groups in total. The van der Waals surface area contributed by atoms with Crippen molar-refractivity contribution < 1.29 is 13.2 Å². The van der Waals surface area contributed by atoms with Crippen molar-refractivity contribution in [3.05, 3.63) is 18.2 Å². The number of piperidine rings is 1. The number of imidazole rings is 1. The van der Waals surface area contributed by atoms with Gasteiger partial charge < -0.3 is 9.47 Å². The first-order valence-electron chi connectivity index (χ1n) is 8.66. The lowest BCUT2D eigenvalue weighted by Gasteiger charge is -2.36. The second kappa shape index (κ2) is 8.29. The highest BCUT2D eigenvalue weighted by Crippen LogP contribution is 2.22. The first-order valence-corrected chi connectivity index (χ1v) is 10.3. The highest BCUT2D eigenvalue weighted by molar-refractivity contribution is 7.89. The van der Waals surface area contributed by atoms with Crippen molar-refractivity contribution in [3.63, 3.8) is 0 Å². The van der Waals surface area contributed by atoms with E-state index in [1.165, 1.54) is 0 Å². The van der Waals surface area contributed by atoms with E-state index < -0.39 is 10.0 Å². The molecule has 0 aliphatic carbocycles. The number of amides is 1. The van der Waals surface area contributed by atoms with Crippen LogP contribution in [0.2, 0.25) is 0 Å². The van der Waals surface area contributed by atoms with Gasteiger partial charge in [-0.25, -0.2) is 18.1 Å². The molecule has 1 aromatic heterocycles. The van der Waals surface area contributed by atoms with Crippen LogP contribution in [0.5, 0.6) is 0 Å². The summed E-state index contributed by atoms with van der Waals surface area (Å²) in [6.07, 6.45) is 5.28. The van der Waals surface area contributed by atoms with Crippen molar-refractivity contribution in [3.8, 4) is 0 Å². The van der Waals surface area contributed by atoms with E-state index in [-0.39, 0.29) is 23.7 Å². The first kappa shape index (κ1) is 19.9. The zero-order valence-corrected chi connectivity index (χ0v) is 16.3. The standard InChI is InChI=1S/C16H29N5O3S/c1-5-10-25(23,24)18-13-6-8-21(9-7-13)16(22)15(19(2)3)14-11-17-12-20(14)4/h11-13,15,18H,5-10H2,1-4H3. The summed E-state index contributed by atoms with van der Waals surface area (Å²) in [5.41, 5.74) is 0.848. The molecule has 25 heavy (non-hydrogen) atoms. The predicted octanol–water partition coefficient (Wildman–Crippen LogP) is 0.343. The number of sulfonamides is 1. The van der Waals surface area contributed by atoms with Gasteiger partial charge in [0.25, 0.3) is 0 Å². The molecule has 1 aliphatic rings. The van der Waals surface area contributed by atoms with Gasteiger partial charge in [0.05, 0.1) is 24.0 Å². The zero-order valence-electron chi connectivity index (χ0n) is 15.5. The average Bonchev–Trinajstić information content (AvgIpc) is 2.93. The molecule has 0 radical (unpaired) electrons. The van der Waals surface area contributed by atoms with Crippen LogP contribution in [0.15, 0.2) is 12.5 Å². The van der Waals surface area contributed by atoms with Gasteiger partial charge in [-0.1, -0.05) is 6.92 Å². The molecule has 2 rings (SSSR count). The Balaban J connectivity index is 1.99. The van der Waals surface area contributed by atoms with E-state index in [1.54, 1.807) is 12.5 Å². The third kappa shape index (κ3) is 5.02. The van der Waals surface area contributed by atoms with Gasteiger partial charge in [-0.05, 0) is 33.4 Å². The van der Waals surface area contributed by atoms with Crippen LogP contribution in [0.1, 0.15) is 37.9 Å². The second-order valence-electron chi connectivity index (χ2n) is 6.83. The van der Waals surface area contributed by atoms with E-state index in [0.29, 0.717) is 32.4 Å². The quantitative estimate of drug-likeness (QED) is 0.747. The Morgan fingerprint density at radius 3 is 2.52 bits per heavy atom. The van der Waals surface area contributed by atoms with E-state index >= 15 is 0 Å². The number of likely N-dealkylation sites (tertiary alicyclic amines) is 1. The van der Waals surface area contributed by atoms with Gasteiger partial charge in [0.15, 0.2) is 0 Å². The largest absolute Gasteiger partial charge is 0.341 e. The monoisotopic (exact) mass is 371 g/mol. The maximum Gasteiger partial charge on any atom is 0.246 e. The number of rotatable bonds is 7. The van der Waals surface area contributed by atoms with Crippen molar-refractivity contribution in [2.24, 2.45) is 7.05 Å². The molecule has 2 heterocycles. The van der Waals surface area contributed by atoms with Crippen molar-refractivity contribution in [2.75, 3.05) is 32.9 Å². The number of carbonyl (C=O) groups excluding carboxylic acids is 1. The Bertz CT molecular complexity index is 678. The van der Waals surface area contributed by atoms with Crippen LogP contribution < -0.4 is 4.72 Å². The third-order valence-electron chi connectivity index (χ3n) is 4.51. The Morgan fingerprint density at radius 1 is 1.40 bits per heavy atom. The fraction of sp³-hybridized carbons (Fsp3) is 0.750. The van der Waals surface area contributed by atoms with Gasteiger partial charge >= 0.3 is 0 Å². The molecule has 0 saturated carbocycles. The Hall–Kier alpha value is -1.45. The van der Waals surface area contributed by atoms with E-state index in [0.717, 1.165) is 5.69 Å². The maximum atomic E-state index is 13.0. The number of nitrogens with zero attached hydrogens (tertiary/aromatic N) is 4. The zero-order chi connectivity index (χ0) is 18.6. The molecule has 1 aromatic rings. The highest BCUT2D eigenvalue weighted by atomic mass is 32.2. The minimum atomic E-state index is -3.21. The third-order valence-corrected chi connectivity index (χ3v) is 6.15. The fourth-order valence-electron chi connectivity index (χ4n) is 3.22. The molecule has 1 fully saturated rings. The van der Waals surface area contributed by atoms with Crippen LogP contribution in [0.4, 0.5) is 0 Å². The normalized spacial score (nSPS) is 17.9. The van der Waals surface area contributed by atoms with E-state index in [4.69, 9.17) is 0 Å². The molecule has 1 atom stereocenters. The van der Waals surface area contributed by atoms with Crippen LogP contribution >= 0.6 is 0 Å². The van der Waals surface area contributed by atoms with E-state index in [9.17, 15) is 13.2 Å². The number of nitrogens with one attached hydrogen (secondary N) is 1. The van der Waals surface area contributed by atoms with Gasteiger partial charge in [-0.15, -0.1) is 0 Å². The van der Waals surface area contributed by atoms with Gasteiger partial charge in [0.1, 0.15) is 6.04 Å². The van der Waals surface area contributed by atoms with Crippen LogP contribution in [-0.2, 0) is 21.9 Å². The maximum absolute atomic E-state index is 13.0. The van der Waals surface area contributed by atoms with Crippen LogP contribution in [-0.4, -0.2) is 72.7 Å². The summed E-state index contributed by atoms with van der Waals surface area (Å²) in [6, 6.07) is -0.476. The first-order chi connectivity index (χ1) is 11.7. The minimum absolute atomic E-state index is 0.0310. The summed E-state index contributed by atoms with van der Waals surface area (Å²) in [5, 5.41) is 0. The molecule has 142 valence electrons. The van der Waals surface area contributed by atoms with Crippen LogP contribution in [0, 0.1) is 0 Å². The molecule has 0 aromatic carbocycles. The molecule has 1 saturated heterocycles. The van der Waals surface area contributed by atoms with Gasteiger partial charge in [-0.3, -0.25) is 9.69 Å². The van der Waals surface area contributed by atoms with Crippen molar-refractivity contribution in [1.82, 2.24) is 24.1 Å². The molecular weight excluding hydrogens is 342 g/mol.